The maximum absolute atomic E-state index is 12.4. The van der Waals surface area contributed by atoms with Gasteiger partial charge in [-0.1, -0.05) is 37.0 Å². The van der Waals surface area contributed by atoms with Crippen molar-refractivity contribution in [3.63, 3.8) is 0 Å². The van der Waals surface area contributed by atoms with Crippen molar-refractivity contribution in [3.05, 3.63) is 52.5 Å². The zero-order valence-electron chi connectivity index (χ0n) is 17.9. The second-order valence-corrected chi connectivity index (χ2v) is 8.82. The van der Waals surface area contributed by atoms with Gasteiger partial charge in [0.2, 0.25) is 11.8 Å². The molecule has 1 aliphatic heterocycles. The Hall–Kier alpha value is -2.77. The van der Waals surface area contributed by atoms with Crippen LogP contribution in [0.2, 0.25) is 10.0 Å². The highest BCUT2D eigenvalue weighted by atomic mass is 35.5. The molecule has 0 radical (unpaired) electrons. The van der Waals surface area contributed by atoms with Gasteiger partial charge in [-0.15, -0.1) is 0 Å². The van der Waals surface area contributed by atoms with Gasteiger partial charge in [0.1, 0.15) is 5.75 Å². The molecule has 1 atom stereocenters. The van der Waals surface area contributed by atoms with Gasteiger partial charge in [0.05, 0.1) is 16.0 Å². The van der Waals surface area contributed by atoms with Crippen molar-refractivity contribution >= 4 is 52.3 Å². The molecule has 0 aromatic heterocycles. The maximum Gasteiger partial charge on any atom is 0.262 e. The lowest BCUT2D eigenvalue weighted by Crippen LogP contribution is -2.35. The van der Waals surface area contributed by atoms with Crippen molar-refractivity contribution in [1.29, 1.82) is 0 Å². The van der Waals surface area contributed by atoms with E-state index in [4.69, 9.17) is 27.9 Å². The highest BCUT2D eigenvalue weighted by Crippen LogP contribution is 2.27. The van der Waals surface area contributed by atoms with E-state index in [1.165, 1.54) is 0 Å². The summed E-state index contributed by atoms with van der Waals surface area (Å²) in [6.07, 6.45) is 0.192. The smallest absolute Gasteiger partial charge is 0.262 e. The summed E-state index contributed by atoms with van der Waals surface area (Å²) in [6.45, 7) is 4.78. The SMILES string of the molecule is CC(C)CNC(=O)[C@H]1CC(=O)N(c2ccc(OCC(=O)Nc3ccc(Cl)c(Cl)c3)cc2)C1. The van der Waals surface area contributed by atoms with E-state index in [9.17, 15) is 14.4 Å². The van der Waals surface area contributed by atoms with Crippen LogP contribution in [0.25, 0.3) is 0 Å². The number of carbonyl (C=O) groups excluding carboxylic acids is 3. The van der Waals surface area contributed by atoms with Crippen molar-refractivity contribution in [2.75, 3.05) is 29.9 Å². The molecule has 170 valence electrons. The summed E-state index contributed by atoms with van der Waals surface area (Å²) in [4.78, 5) is 38.4. The molecule has 32 heavy (non-hydrogen) atoms. The predicted octanol–water partition coefficient (Wildman–Crippen LogP) is 4.14. The number of carbonyl (C=O) groups is 3. The molecular formula is C23H25Cl2N3O4. The molecule has 1 aliphatic rings. The Morgan fingerprint density at radius 3 is 2.50 bits per heavy atom. The predicted molar refractivity (Wildman–Crippen MR) is 125 cm³/mol. The number of hydrogen-bond acceptors (Lipinski definition) is 4. The fourth-order valence-corrected chi connectivity index (χ4v) is 3.52. The Morgan fingerprint density at radius 1 is 1.12 bits per heavy atom. The van der Waals surface area contributed by atoms with Crippen LogP contribution >= 0.6 is 23.2 Å². The van der Waals surface area contributed by atoms with Crippen LogP contribution in [-0.4, -0.2) is 37.4 Å². The normalized spacial score (nSPS) is 15.7. The van der Waals surface area contributed by atoms with Gasteiger partial charge >= 0.3 is 0 Å². The van der Waals surface area contributed by atoms with Crippen LogP contribution in [0.1, 0.15) is 20.3 Å². The lowest BCUT2D eigenvalue weighted by Gasteiger charge is -2.17. The molecule has 1 heterocycles. The third-order valence-corrected chi connectivity index (χ3v) is 5.64. The average Bonchev–Trinajstić information content (AvgIpc) is 3.15. The molecule has 9 heteroatoms. The summed E-state index contributed by atoms with van der Waals surface area (Å²) >= 11 is 11.8. The number of nitrogens with one attached hydrogen (secondary N) is 2. The van der Waals surface area contributed by atoms with Gasteiger partial charge in [-0.2, -0.15) is 0 Å². The summed E-state index contributed by atoms with van der Waals surface area (Å²) in [7, 11) is 0. The third-order valence-electron chi connectivity index (χ3n) is 4.90. The van der Waals surface area contributed by atoms with E-state index in [0.29, 0.717) is 46.2 Å². The molecule has 0 aliphatic carbocycles. The Bertz CT molecular complexity index is 995. The molecule has 0 unspecified atom stereocenters. The zero-order valence-corrected chi connectivity index (χ0v) is 19.4. The van der Waals surface area contributed by atoms with Crippen LogP contribution in [0.4, 0.5) is 11.4 Å². The standard InChI is InChI=1S/C23H25Cl2N3O4/c1-14(2)11-26-23(31)15-9-22(30)28(12-15)17-4-6-18(7-5-17)32-13-21(29)27-16-3-8-19(24)20(25)10-16/h3-8,10,14-15H,9,11-13H2,1-2H3,(H,26,31)(H,27,29)/t15-/m0/s1. The first-order chi connectivity index (χ1) is 15.2. The molecule has 1 saturated heterocycles. The first-order valence-electron chi connectivity index (χ1n) is 10.3. The zero-order chi connectivity index (χ0) is 23.3. The lowest BCUT2D eigenvalue weighted by atomic mass is 10.1. The number of halogens is 2. The molecule has 3 rings (SSSR count). The Kier molecular flexibility index (Phi) is 7.99. The maximum atomic E-state index is 12.4. The number of amides is 3. The minimum absolute atomic E-state index is 0.0932. The minimum Gasteiger partial charge on any atom is -0.484 e. The fraction of sp³-hybridized carbons (Fsp3) is 0.348. The summed E-state index contributed by atoms with van der Waals surface area (Å²) in [5, 5.41) is 6.31. The number of ether oxygens (including phenoxy) is 1. The number of anilines is 2. The van der Waals surface area contributed by atoms with Crippen LogP contribution in [0.3, 0.4) is 0 Å². The van der Waals surface area contributed by atoms with E-state index in [-0.39, 0.29) is 36.7 Å². The molecule has 7 nitrogen and oxygen atoms in total. The van der Waals surface area contributed by atoms with Gasteiger partial charge in [-0.05, 0) is 48.4 Å². The number of benzene rings is 2. The topological polar surface area (TPSA) is 87.7 Å². The highest BCUT2D eigenvalue weighted by molar-refractivity contribution is 6.42. The van der Waals surface area contributed by atoms with Crippen molar-refractivity contribution in [2.45, 2.75) is 20.3 Å². The quantitative estimate of drug-likeness (QED) is 0.597. The van der Waals surface area contributed by atoms with Crippen molar-refractivity contribution in [1.82, 2.24) is 5.32 Å². The molecule has 2 N–H and O–H groups in total. The van der Waals surface area contributed by atoms with Crippen LogP contribution in [0.15, 0.2) is 42.5 Å². The molecule has 2 aromatic carbocycles. The molecular weight excluding hydrogens is 453 g/mol. The Morgan fingerprint density at radius 2 is 1.84 bits per heavy atom. The summed E-state index contributed by atoms with van der Waals surface area (Å²) in [5.74, 6) is -0.0618. The number of rotatable bonds is 8. The first-order valence-corrected chi connectivity index (χ1v) is 11.0. The van der Waals surface area contributed by atoms with Gasteiger partial charge in [-0.25, -0.2) is 0 Å². The summed E-state index contributed by atoms with van der Waals surface area (Å²) < 4.78 is 5.51. The summed E-state index contributed by atoms with van der Waals surface area (Å²) in [6, 6.07) is 11.6. The Labute approximate surface area is 197 Å². The van der Waals surface area contributed by atoms with Gasteiger partial charge in [0, 0.05) is 30.9 Å². The first kappa shape index (κ1) is 23.9. The van der Waals surface area contributed by atoms with E-state index < -0.39 is 0 Å². The van der Waals surface area contributed by atoms with Gasteiger partial charge in [-0.3, -0.25) is 14.4 Å². The largest absolute Gasteiger partial charge is 0.484 e. The molecule has 3 amide bonds. The van der Waals surface area contributed by atoms with Crippen LogP contribution in [0.5, 0.6) is 5.75 Å². The lowest BCUT2D eigenvalue weighted by molar-refractivity contribution is -0.126. The van der Waals surface area contributed by atoms with E-state index >= 15 is 0 Å². The molecule has 0 spiro atoms. The van der Waals surface area contributed by atoms with Crippen LogP contribution in [0, 0.1) is 11.8 Å². The van der Waals surface area contributed by atoms with Crippen LogP contribution in [-0.2, 0) is 14.4 Å². The summed E-state index contributed by atoms with van der Waals surface area (Å²) in [5.41, 5.74) is 1.20. The number of hydrogen-bond donors (Lipinski definition) is 2. The van der Waals surface area contributed by atoms with Crippen LogP contribution < -0.4 is 20.3 Å². The van der Waals surface area contributed by atoms with E-state index in [0.717, 1.165) is 0 Å². The second-order valence-electron chi connectivity index (χ2n) is 8.00. The third kappa shape index (κ3) is 6.37. The average molecular weight is 478 g/mol. The van der Waals surface area contributed by atoms with E-state index in [2.05, 4.69) is 10.6 Å². The van der Waals surface area contributed by atoms with Gasteiger partial charge < -0.3 is 20.3 Å². The van der Waals surface area contributed by atoms with E-state index in [1.807, 2.05) is 13.8 Å². The van der Waals surface area contributed by atoms with Gasteiger partial charge in [0.25, 0.3) is 5.91 Å². The Balaban J connectivity index is 1.51. The van der Waals surface area contributed by atoms with Crippen molar-refractivity contribution in [3.8, 4) is 5.75 Å². The van der Waals surface area contributed by atoms with Gasteiger partial charge in [0.15, 0.2) is 6.61 Å². The fourth-order valence-electron chi connectivity index (χ4n) is 3.22. The minimum atomic E-state index is -0.359. The number of nitrogens with zero attached hydrogens (tertiary/aromatic N) is 1. The molecule has 0 saturated carbocycles. The molecule has 0 bridgehead atoms. The van der Waals surface area contributed by atoms with Crippen molar-refractivity contribution < 1.29 is 19.1 Å². The highest BCUT2D eigenvalue weighted by Gasteiger charge is 2.35. The second kappa shape index (κ2) is 10.7. The van der Waals surface area contributed by atoms with E-state index in [1.54, 1.807) is 47.4 Å². The van der Waals surface area contributed by atoms with Crippen molar-refractivity contribution in [2.24, 2.45) is 11.8 Å². The monoisotopic (exact) mass is 477 g/mol. The molecule has 2 aromatic rings. The molecule has 1 fully saturated rings.